The maximum atomic E-state index is 10.7. The fourth-order valence-electron chi connectivity index (χ4n) is 8.33. The minimum Gasteiger partial charge on any atom is -0.508 e. The number of nitriles is 1. The van der Waals surface area contributed by atoms with Crippen LogP contribution in [-0.2, 0) is 22.7 Å². The van der Waals surface area contributed by atoms with Crippen LogP contribution in [0.4, 0.5) is 0 Å². The number of carbonyl (C=O) groups excluding carboxylic acids is 1. The summed E-state index contributed by atoms with van der Waals surface area (Å²) < 4.78 is 8.46. The van der Waals surface area contributed by atoms with E-state index in [0.29, 0.717) is 30.8 Å². The first-order valence-corrected chi connectivity index (χ1v) is 21.5. The Balaban J connectivity index is 0.000000267. The lowest BCUT2D eigenvalue weighted by atomic mass is 9.62. The number of thiophene rings is 1. The number of aliphatic imine (C=N–C) groups is 1. The van der Waals surface area contributed by atoms with Crippen molar-refractivity contribution in [2.24, 2.45) is 10.4 Å². The van der Waals surface area contributed by atoms with Gasteiger partial charge in [-0.1, -0.05) is 55.1 Å². The zero-order chi connectivity index (χ0) is 42.1. The predicted octanol–water partition coefficient (Wildman–Crippen LogP) is 8.57. The van der Waals surface area contributed by atoms with Crippen LogP contribution in [0.5, 0.6) is 5.75 Å². The van der Waals surface area contributed by atoms with Crippen LogP contribution in [0.25, 0.3) is 5.00 Å². The third-order valence-electron chi connectivity index (χ3n) is 11.7. The van der Waals surface area contributed by atoms with E-state index in [0.717, 1.165) is 78.3 Å². The largest absolute Gasteiger partial charge is 0.508 e. The zero-order valence-corrected chi connectivity index (χ0v) is 35.9. The van der Waals surface area contributed by atoms with Gasteiger partial charge >= 0.3 is 0 Å². The number of aldehydes is 1. The molecule has 14 heteroatoms. The molecule has 1 saturated heterocycles. The summed E-state index contributed by atoms with van der Waals surface area (Å²) in [6.07, 6.45) is 15.0. The molecule has 12 nitrogen and oxygen atoms in total. The maximum absolute atomic E-state index is 10.7. The number of phenolic OH excluding ortho intramolecular Hbond substituents is 1. The summed E-state index contributed by atoms with van der Waals surface area (Å²) in [6, 6.07) is 15.5. The molecule has 310 valence electrons. The van der Waals surface area contributed by atoms with Gasteiger partial charge in [-0.05, 0) is 113 Å². The topological polar surface area (TPSA) is 176 Å². The van der Waals surface area contributed by atoms with E-state index < -0.39 is 0 Å². The molecular formula is C45H54ClN9O3S. The van der Waals surface area contributed by atoms with Gasteiger partial charge in [0.05, 0.1) is 34.7 Å². The Hall–Kier alpha value is -5.00. The molecule has 4 N–H and O–H groups in total. The quantitative estimate of drug-likeness (QED) is 0.0775. The average molecular weight is 837 g/mol. The summed E-state index contributed by atoms with van der Waals surface area (Å²) in [7, 11) is 2.07. The fourth-order valence-corrected chi connectivity index (χ4v) is 9.77. The molecule has 2 aromatic heterocycles. The van der Waals surface area contributed by atoms with Crippen LogP contribution in [0.3, 0.4) is 0 Å². The van der Waals surface area contributed by atoms with E-state index in [9.17, 15) is 4.79 Å². The maximum Gasteiger partial charge on any atom is 0.167 e. The minimum atomic E-state index is -0.115. The second kappa shape index (κ2) is 19.8. The van der Waals surface area contributed by atoms with Crippen LogP contribution in [0.2, 0.25) is 5.02 Å². The lowest BCUT2D eigenvalue weighted by molar-refractivity contribution is -0.107. The monoisotopic (exact) mass is 835 g/mol. The predicted molar refractivity (Wildman–Crippen MR) is 235 cm³/mol. The third kappa shape index (κ3) is 10.6. The van der Waals surface area contributed by atoms with Crippen molar-refractivity contribution in [3.8, 4) is 16.8 Å². The molecule has 0 atom stereocenters. The Morgan fingerprint density at radius 1 is 1.08 bits per heavy atom. The highest BCUT2D eigenvalue weighted by Gasteiger charge is 2.47. The summed E-state index contributed by atoms with van der Waals surface area (Å²) in [4.78, 5) is 19.0. The van der Waals surface area contributed by atoms with Crippen molar-refractivity contribution in [2.45, 2.75) is 104 Å². The number of nitrogens with zero attached hydrogens (tertiary/aromatic N) is 6. The van der Waals surface area contributed by atoms with Gasteiger partial charge in [0.25, 0.3) is 0 Å². The summed E-state index contributed by atoms with van der Waals surface area (Å²) in [6.45, 7) is 9.07. The first kappa shape index (κ1) is 43.6. The number of phenols is 1. The lowest BCUT2D eigenvalue weighted by Gasteiger charge is -2.53. The SMILES string of the molecule is CNC1CCCCC1.Cc1sc2c(c1C)C(c1ccc(COC3CC4(CCCN(C(=N)/C=C\C(=N)C=O)C4)C3)cc1)=NCc1nnc(C)n1-2.N#Cc1ccc(O)cc1Cl. The van der Waals surface area contributed by atoms with Crippen molar-refractivity contribution < 1.29 is 14.6 Å². The number of amidine groups is 1. The zero-order valence-electron chi connectivity index (χ0n) is 34.4. The van der Waals surface area contributed by atoms with E-state index in [1.807, 2.05) is 13.0 Å². The number of ether oxygens (including phenoxy) is 1. The molecule has 59 heavy (non-hydrogen) atoms. The van der Waals surface area contributed by atoms with E-state index >= 15 is 0 Å². The number of rotatable bonds is 8. The molecule has 0 unspecified atom stereocenters. The molecule has 4 heterocycles. The molecule has 3 fully saturated rings. The highest BCUT2D eigenvalue weighted by molar-refractivity contribution is 7.15. The molecule has 0 bridgehead atoms. The number of hydrogen-bond donors (Lipinski definition) is 4. The van der Waals surface area contributed by atoms with E-state index in [-0.39, 0.29) is 28.0 Å². The van der Waals surface area contributed by atoms with Crippen molar-refractivity contribution in [2.75, 3.05) is 20.1 Å². The van der Waals surface area contributed by atoms with Crippen LogP contribution in [-0.4, -0.2) is 80.6 Å². The molecule has 0 radical (unpaired) electrons. The van der Waals surface area contributed by atoms with Crippen LogP contribution < -0.4 is 5.32 Å². The Labute approximate surface area is 356 Å². The van der Waals surface area contributed by atoms with Gasteiger partial charge in [0.2, 0.25) is 0 Å². The minimum absolute atomic E-state index is 0.0731. The number of aryl methyl sites for hydroxylation is 2. The van der Waals surface area contributed by atoms with Crippen LogP contribution >= 0.6 is 22.9 Å². The number of likely N-dealkylation sites (tertiary alicyclic amines) is 1. The number of halogens is 1. The smallest absolute Gasteiger partial charge is 0.167 e. The molecule has 2 saturated carbocycles. The van der Waals surface area contributed by atoms with Gasteiger partial charge in [-0.15, -0.1) is 21.5 Å². The van der Waals surface area contributed by atoms with E-state index in [4.69, 9.17) is 42.5 Å². The Bertz CT molecular complexity index is 2240. The Morgan fingerprint density at radius 3 is 2.49 bits per heavy atom. The first-order chi connectivity index (χ1) is 28.4. The number of aromatic nitrogens is 3. The molecular weight excluding hydrogens is 782 g/mol. The average Bonchev–Trinajstić information content (AvgIpc) is 3.69. The second-order valence-electron chi connectivity index (χ2n) is 15.9. The van der Waals surface area contributed by atoms with Crippen molar-refractivity contribution in [1.29, 1.82) is 16.1 Å². The molecule has 4 aromatic rings. The van der Waals surface area contributed by atoms with Crippen LogP contribution in [0.15, 0.2) is 59.6 Å². The fraction of sp³-hybridized carbons (Fsp3) is 0.444. The Kier molecular flexibility index (Phi) is 14.6. The lowest BCUT2D eigenvalue weighted by Crippen LogP contribution is -2.54. The second-order valence-corrected chi connectivity index (χ2v) is 17.5. The van der Waals surface area contributed by atoms with Crippen molar-refractivity contribution in [3.63, 3.8) is 0 Å². The van der Waals surface area contributed by atoms with Gasteiger partial charge in [-0.3, -0.25) is 25.2 Å². The molecule has 4 aliphatic rings. The number of hydrogen-bond acceptors (Lipinski definition) is 11. The van der Waals surface area contributed by atoms with Crippen molar-refractivity contribution in [1.82, 2.24) is 25.0 Å². The number of allylic oxidation sites excluding steroid dienone is 1. The molecule has 2 aliphatic heterocycles. The highest BCUT2D eigenvalue weighted by Crippen LogP contribution is 2.49. The van der Waals surface area contributed by atoms with Crippen LogP contribution in [0, 0.1) is 48.3 Å². The number of nitrogens with one attached hydrogen (secondary N) is 3. The highest BCUT2D eigenvalue weighted by atomic mass is 35.5. The molecule has 8 rings (SSSR count). The summed E-state index contributed by atoms with van der Waals surface area (Å²) >= 11 is 7.32. The Morgan fingerprint density at radius 2 is 1.83 bits per heavy atom. The van der Waals surface area contributed by atoms with Gasteiger partial charge in [0.15, 0.2) is 12.1 Å². The standard InChI is InChI=1S/C31H35N7O2S.C7H4ClNO.C7H15N/c1-19-20(2)41-30-28(19)29(34-15-27-36-35-21(3)38(27)30)23-7-5-22(6-8-23)17-40-25-13-31(14-25)11-4-12-37(18-31)26(33)10-9-24(32)16-39;8-7-3-6(10)2-1-5(7)4-9;1-8-7-5-3-2-4-6-7/h5-10,16,25,32-33H,4,11-15,17-18H2,1-3H3;1-3,10H;7-8H,2-6H2,1H3/b10-9-,32-24?,33-26?;;. The molecule has 2 aromatic carbocycles. The number of aromatic hydroxyl groups is 1. The number of piperidine rings is 1. The van der Waals surface area contributed by atoms with Gasteiger partial charge < -0.3 is 20.1 Å². The number of carbonyl (C=O) groups is 1. The number of fused-ring (bicyclic) bond motifs is 3. The van der Waals surface area contributed by atoms with Gasteiger partial charge in [-0.25, -0.2) is 0 Å². The van der Waals surface area contributed by atoms with Crippen LogP contribution in [0.1, 0.15) is 102 Å². The van der Waals surface area contributed by atoms with E-state index in [1.54, 1.807) is 17.4 Å². The summed E-state index contributed by atoms with van der Waals surface area (Å²) in [5.41, 5.74) is 6.12. The van der Waals surface area contributed by atoms with Gasteiger partial charge in [0.1, 0.15) is 35.0 Å². The van der Waals surface area contributed by atoms with Gasteiger partial charge in [-0.2, -0.15) is 5.26 Å². The number of benzene rings is 2. The third-order valence-corrected chi connectivity index (χ3v) is 13.3. The van der Waals surface area contributed by atoms with E-state index in [2.05, 4.69) is 70.1 Å². The first-order valence-electron chi connectivity index (χ1n) is 20.3. The normalized spacial score (nSPS) is 19.8. The molecule has 0 amide bonds. The van der Waals surface area contributed by atoms with Crippen molar-refractivity contribution in [3.05, 3.63) is 104 Å². The summed E-state index contributed by atoms with van der Waals surface area (Å²) in [5.74, 6) is 2.20. The van der Waals surface area contributed by atoms with E-state index in [1.165, 1.54) is 72.4 Å². The van der Waals surface area contributed by atoms with Gasteiger partial charge in [0, 0.05) is 35.1 Å². The molecule has 2 aliphatic carbocycles. The molecule has 1 spiro atoms. The summed E-state index contributed by atoms with van der Waals surface area (Å²) in [5, 5.41) is 46.4. The van der Waals surface area contributed by atoms with Crippen molar-refractivity contribution >= 4 is 46.5 Å².